The maximum atomic E-state index is 12.3. The minimum absolute atomic E-state index is 0.119. The smallest absolute Gasteiger partial charge is 0.241 e. The van der Waals surface area contributed by atoms with Crippen molar-refractivity contribution in [1.82, 2.24) is 0 Å². The fraction of sp³-hybridized carbons (Fsp3) is 0.316. The Morgan fingerprint density at radius 3 is 2.65 bits per heavy atom. The van der Waals surface area contributed by atoms with Gasteiger partial charge in [0, 0.05) is 12.2 Å². The highest BCUT2D eigenvalue weighted by molar-refractivity contribution is 5.98. The van der Waals surface area contributed by atoms with Gasteiger partial charge in [0.15, 0.2) is 0 Å². The summed E-state index contributed by atoms with van der Waals surface area (Å²) in [6, 6.07) is 15.9. The molecule has 120 valence electrons. The first-order chi connectivity index (χ1) is 11.2. The molecule has 1 aliphatic rings. The number of benzene rings is 2. The quantitative estimate of drug-likeness (QED) is 0.889. The summed E-state index contributed by atoms with van der Waals surface area (Å²) in [5.74, 6) is -0.119. The van der Waals surface area contributed by atoms with Crippen LogP contribution in [0.1, 0.15) is 25.3 Å². The van der Waals surface area contributed by atoms with E-state index in [1.807, 2.05) is 31.2 Å². The summed E-state index contributed by atoms with van der Waals surface area (Å²) in [6.07, 6.45) is 2.62. The van der Waals surface area contributed by atoms with E-state index in [9.17, 15) is 4.79 Å². The van der Waals surface area contributed by atoms with Crippen LogP contribution in [0.4, 0.5) is 17.1 Å². The van der Waals surface area contributed by atoms with Crippen LogP contribution in [0.25, 0.3) is 0 Å². The third kappa shape index (κ3) is 3.22. The lowest BCUT2D eigenvalue weighted by atomic mass is 10.1. The van der Waals surface area contributed by atoms with E-state index < -0.39 is 6.04 Å². The van der Waals surface area contributed by atoms with E-state index in [-0.39, 0.29) is 5.91 Å². The molecule has 1 atom stereocenters. The third-order valence-corrected chi connectivity index (χ3v) is 4.28. The largest absolute Gasteiger partial charge is 0.339 e. The van der Waals surface area contributed by atoms with Crippen LogP contribution in [-0.4, -0.2) is 18.5 Å². The molecule has 0 saturated carbocycles. The molecular weight excluding hydrogens is 286 g/mol. The van der Waals surface area contributed by atoms with Crippen molar-refractivity contribution in [3.63, 3.8) is 0 Å². The first kappa shape index (κ1) is 15.6. The van der Waals surface area contributed by atoms with Crippen molar-refractivity contribution >= 4 is 23.0 Å². The van der Waals surface area contributed by atoms with Gasteiger partial charge in [-0.25, -0.2) is 0 Å². The van der Waals surface area contributed by atoms with Crippen molar-refractivity contribution in [3.8, 4) is 0 Å². The number of nitrogens with one attached hydrogen (secondary N) is 1. The summed E-state index contributed by atoms with van der Waals surface area (Å²) in [5.41, 5.74) is 10.3. The number of anilines is 3. The van der Waals surface area contributed by atoms with E-state index in [4.69, 9.17) is 5.73 Å². The Hall–Kier alpha value is -2.33. The van der Waals surface area contributed by atoms with Gasteiger partial charge >= 0.3 is 0 Å². The Balaban J connectivity index is 1.86. The molecule has 1 aliphatic heterocycles. The van der Waals surface area contributed by atoms with Gasteiger partial charge in [0.2, 0.25) is 5.91 Å². The van der Waals surface area contributed by atoms with E-state index in [0.717, 1.165) is 30.8 Å². The predicted molar refractivity (Wildman–Crippen MR) is 95.1 cm³/mol. The molecule has 0 bridgehead atoms. The average molecular weight is 309 g/mol. The summed E-state index contributed by atoms with van der Waals surface area (Å²) < 4.78 is 0. The van der Waals surface area contributed by atoms with Crippen LogP contribution in [0.5, 0.6) is 0 Å². The highest BCUT2D eigenvalue weighted by Gasteiger charge is 2.23. The standard InChI is InChI=1S/C19H23N3O/c1-2-7-15(20)19(23)21-16-9-4-6-11-18(16)22-13-12-14-8-3-5-10-17(14)22/h3-6,8-11,15H,2,7,12-13,20H2,1H3,(H,21,23). The molecule has 0 fully saturated rings. The second-order valence-corrected chi connectivity index (χ2v) is 5.93. The molecular formula is C19H23N3O. The van der Waals surface area contributed by atoms with Gasteiger partial charge in [-0.2, -0.15) is 0 Å². The maximum Gasteiger partial charge on any atom is 0.241 e. The van der Waals surface area contributed by atoms with Crippen LogP contribution in [-0.2, 0) is 11.2 Å². The van der Waals surface area contributed by atoms with Crippen molar-refractivity contribution < 1.29 is 4.79 Å². The number of amides is 1. The normalized spacial score (nSPS) is 14.4. The highest BCUT2D eigenvalue weighted by Crippen LogP contribution is 2.38. The molecule has 1 heterocycles. The van der Waals surface area contributed by atoms with Gasteiger partial charge < -0.3 is 16.0 Å². The number of nitrogens with zero attached hydrogens (tertiary/aromatic N) is 1. The maximum absolute atomic E-state index is 12.3. The monoisotopic (exact) mass is 309 g/mol. The molecule has 1 unspecified atom stereocenters. The predicted octanol–water partition coefficient (Wildman–Crippen LogP) is 3.45. The third-order valence-electron chi connectivity index (χ3n) is 4.28. The van der Waals surface area contributed by atoms with Crippen LogP contribution in [0.15, 0.2) is 48.5 Å². The minimum atomic E-state index is -0.459. The van der Waals surface area contributed by atoms with Crippen LogP contribution >= 0.6 is 0 Å². The molecule has 2 aromatic rings. The molecule has 4 nitrogen and oxygen atoms in total. The number of nitrogens with two attached hydrogens (primary N) is 1. The number of rotatable bonds is 5. The fourth-order valence-corrected chi connectivity index (χ4v) is 3.07. The zero-order chi connectivity index (χ0) is 16.2. The molecule has 0 radical (unpaired) electrons. The SMILES string of the molecule is CCCC(N)C(=O)Nc1ccccc1N1CCc2ccccc21. The second kappa shape index (κ2) is 6.84. The van der Waals surface area contributed by atoms with Gasteiger partial charge in [-0.05, 0) is 36.6 Å². The first-order valence-electron chi connectivity index (χ1n) is 8.21. The van der Waals surface area contributed by atoms with Crippen molar-refractivity contribution in [2.45, 2.75) is 32.2 Å². The molecule has 0 saturated heterocycles. The molecule has 3 N–H and O–H groups in total. The molecule has 4 heteroatoms. The number of carbonyl (C=O) groups is 1. The number of fused-ring (bicyclic) bond motifs is 1. The van der Waals surface area contributed by atoms with Crippen molar-refractivity contribution in [2.24, 2.45) is 5.73 Å². The summed E-state index contributed by atoms with van der Waals surface area (Å²) in [4.78, 5) is 14.5. The summed E-state index contributed by atoms with van der Waals surface area (Å²) in [6.45, 7) is 2.95. The van der Waals surface area contributed by atoms with Gasteiger partial charge in [0.25, 0.3) is 0 Å². The molecule has 1 amide bonds. The highest BCUT2D eigenvalue weighted by atomic mass is 16.2. The van der Waals surface area contributed by atoms with Crippen molar-refractivity contribution in [2.75, 3.05) is 16.8 Å². The van der Waals surface area contributed by atoms with Gasteiger partial charge in [0.05, 0.1) is 17.4 Å². The lowest BCUT2D eigenvalue weighted by molar-refractivity contribution is -0.117. The van der Waals surface area contributed by atoms with Gasteiger partial charge in [-0.1, -0.05) is 43.7 Å². The van der Waals surface area contributed by atoms with Crippen LogP contribution < -0.4 is 16.0 Å². The fourth-order valence-electron chi connectivity index (χ4n) is 3.07. The molecule has 0 aliphatic carbocycles. The number of hydrogen-bond acceptors (Lipinski definition) is 3. The number of carbonyl (C=O) groups excluding carboxylic acids is 1. The minimum Gasteiger partial charge on any atom is -0.339 e. The summed E-state index contributed by atoms with van der Waals surface area (Å²) in [5, 5.41) is 3.00. The Morgan fingerprint density at radius 2 is 1.87 bits per heavy atom. The first-order valence-corrected chi connectivity index (χ1v) is 8.21. The Kier molecular flexibility index (Phi) is 4.63. The second-order valence-electron chi connectivity index (χ2n) is 5.93. The van der Waals surface area contributed by atoms with Crippen molar-refractivity contribution in [1.29, 1.82) is 0 Å². The van der Waals surface area contributed by atoms with Gasteiger partial charge in [-0.3, -0.25) is 4.79 Å². The summed E-state index contributed by atoms with van der Waals surface area (Å²) in [7, 11) is 0. The van der Waals surface area contributed by atoms with Crippen molar-refractivity contribution in [3.05, 3.63) is 54.1 Å². The Morgan fingerprint density at radius 1 is 1.17 bits per heavy atom. The topological polar surface area (TPSA) is 58.4 Å². The van der Waals surface area contributed by atoms with Crippen LogP contribution in [0.2, 0.25) is 0 Å². The Bertz CT molecular complexity index is 699. The summed E-state index contributed by atoms with van der Waals surface area (Å²) >= 11 is 0. The molecule has 0 spiro atoms. The van der Waals surface area contributed by atoms with E-state index in [2.05, 4.69) is 34.5 Å². The van der Waals surface area contributed by atoms with E-state index in [0.29, 0.717) is 6.42 Å². The molecule has 0 aromatic heterocycles. The Labute approximate surface area is 137 Å². The molecule has 2 aromatic carbocycles. The van der Waals surface area contributed by atoms with Crippen LogP contribution in [0, 0.1) is 0 Å². The van der Waals surface area contributed by atoms with E-state index >= 15 is 0 Å². The number of hydrogen-bond donors (Lipinski definition) is 2. The molecule has 3 rings (SSSR count). The van der Waals surface area contributed by atoms with Gasteiger partial charge in [0.1, 0.15) is 0 Å². The number of para-hydroxylation sites is 3. The zero-order valence-electron chi connectivity index (χ0n) is 13.5. The van der Waals surface area contributed by atoms with E-state index in [1.54, 1.807) is 0 Å². The lowest BCUT2D eigenvalue weighted by Gasteiger charge is -2.23. The molecule has 23 heavy (non-hydrogen) atoms. The zero-order valence-corrected chi connectivity index (χ0v) is 13.5. The lowest BCUT2D eigenvalue weighted by Crippen LogP contribution is -2.35. The van der Waals surface area contributed by atoms with Crippen LogP contribution in [0.3, 0.4) is 0 Å². The van der Waals surface area contributed by atoms with Gasteiger partial charge in [-0.15, -0.1) is 0 Å². The average Bonchev–Trinajstić information content (AvgIpc) is 2.99. The van der Waals surface area contributed by atoms with E-state index in [1.165, 1.54) is 11.3 Å².